The lowest BCUT2D eigenvalue weighted by atomic mass is 10.1. The van der Waals surface area contributed by atoms with E-state index < -0.39 is 6.10 Å². The maximum atomic E-state index is 13.0. The number of esters is 3. The van der Waals surface area contributed by atoms with Crippen LogP contribution in [0.4, 0.5) is 0 Å². The van der Waals surface area contributed by atoms with Crippen LogP contribution in [-0.4, -0.2) is 37.2 Å². The van der Waals surface area contributed by atoms with Gasteiger partial charge in [0.1, 0.15) is 13.2 Å². The third-order valence-corrected chi connectivity index (χ3v) is 15.0. The van der Waals surface area contributed by atoms with Crippen molar-refractivity contribution in [2.75, 3.05) is 13.2 Å². The molecule has 1 atom stereocenters. The van der Waals surface area contributed by atoms with Gasteiger partial charge in [-0.05, 0) is 128 Å². The Balaban J connectivity index is 4.39. The highest BCUT2D eigenvalue weighted by Gasteiger charge is 2.19. The molecule has 0 aliphatic rings. The average Bonchev–Trinajstić information content (AvgIpc) is 3.47. The first-order valence-electron chi connectivity index (χ1n) is 34.9. The summed E-state index contributed by atoms with van der Waals surface area (Å²) in [6, 6.07) is 0. The Morgan fingerprint density at radius 2 is 0.476 bits per heavy atom. The SMILES string of the molecule is CC/C=C\C/C=C\C/C=C\C/C=C\C/C=C\C/C=C\CCCCCCCCCCC(=O)OCC(COC(=O)CCCCCCCCC/C=C\C/C=C\CCCCCC)OC(=O)CCCCCCCCCCC/C=C\CCCCCCCC. The van der Waals surface area contributed by atoms with Gasteiger partial charge in [-0.3, -0.25) is 14.4 Å². The molecule has 0 saturated carbocycles. The third-order valence-electron chi connectivity index (χ3n) is 15.0. The van der Waals surface area contributed by atoms with Crippen molar-refractivity contribution in [2.24, 2.45) is 0 Å². The van der Waals surface area contributed by atoms with Crippen molar-refractivity contribution in [3.8, 4) is 0 Å². The molecular weight excluding hydrogens is 1010 g/mol. The predicted molar refractivity (Wildman–Crippen MR) is 357 cm³/mol. The third kappa shape index (κ3) is 66.9. The first kappa shape index (κ1) is 78.1. The van der Waals surface area contributed by atoms with Crippen LogP contribution in [0.25, 0.3) is 0 Å². The van der Waals surface area contributed by atoms with E-state index in [9.17, 15) is 14.4 Å². The molecule has 0 rings (SSSR count). The van der Waals surface area contributed by atoms with Crippen LogP contribution in [0.3, 0.4) is 0 Å². The number of rotatable bonds is 63. The summed E-state index contributed by atoms with van der Waals surface area (Å²) in [5.74, 6) is -0.889. The summed E-state index contributed by atoms with van der Waals surface area (Å²) in [6.45, 7) is 6.53. The highest BCUT2D eigenvalue weighted by atomic mass is 16.6. The van der Waals surface area contributed by atoms with Gasteiger partial charge in [0.15, 0.2) is 6.10 Å². The van der Waals surface area contributed by atoms with Crippen LogP contribution < -0.4 is 0 Å². The van der Waals surface area contributed by atoms with E-state index in [1.54, 1.807) is 0 Å². The summed E-state index contributed by atoms with van der Waals surface area (Å²) in [5, 5.41) is 0. The average molecular weight is 1140 g/mol. The number of hydrogen-bond acceptors (Lipinski definition) is 6. The highest BCUT2D eigenvalue weighted by Crippen LogP contribution is 2.16. The van der Waals surface area contributed by atoms with Gasteiger partial charge in [-0.1, -0.05) is 297 Å². The fourth-order valence-corrected chi connectivity index (χ4v) is 9.77. The molecule has 0 N–H and O–H groups in total. The Kier molecular flexibility index (Phi) is 66.2. The van der Waals surface area contributed by atoms with Gasteiger partial charge in [0.2, 0.25) is 0 Å². The maximum absolute atomic E-state index is 13.0. The molecule has 0 aliphatic carbocycles. The van der Waals surface area contributed by atoms with Crippen LogP contribution in [0.5, 0.6) is 0 Å². The number of unbranched alkanes of at least 4 members (excludes halogenated alkanes) is 34. The van der Waals surface area contributed by atoms with E-state index in [0.29, 0.717) is 19.3 Å². The number of carbonyl (C=O) groups is 3. The minimum Gasteiger partial charge on any atom is -0.462 e. The van der Waals surface area contributed by atoms with E-state index in [2.05, 4.69) is 130 Å². The van der Waals surface area contributed by atoms with Crippen LogP contribution >= 0.6 is 0 Å². The van der Waals surface area contributed by atoms with Gasteiger partial charge in [-0.25, -0.2) is 0 Å². The Bertz CT molecular complexity index is 1640. The smallest absolute Gasteiger partial charge is 0.306 e. The van der Waals surface area contributed by atoms with Gasteiger partial charge in [0, 0.05) is 19.3 Å². The fourth-order valence-electron chi connectivity index (χ4n) is 9.77. The minimum atomic E-state index is -0.790. The molecule has 82 heavy (non-hydrogen) atoms. The van der Waals surface area contributed by atoms with Crippen molar-refractivity contribution in [1.29, 1.82) is 0 Å². The van der Waals surface area contributed by atoms with Crippen LogP contribution in [0.15, 0.2) is 109 Å². The van der Waals surface area contributed by atoms with E-state index in [-0.39, 0.29) is 31.1 Å². The van der Waals surface area contributed by atoms with Crippen molar-refractivity contribution in [3.05, 3.63) is 109 Å². The second kappa shape index (κ2) is 69.6. The minimum absolute atomic E-state index is 0.0848. The maximum Gasteiger partial charge on any atom is 0.306 e. The lowest BCUT2D eigenvalue weighted by molar-refractivity contribution is -0.167. The molecule has 0 aromatic carbocycles. The topological polar surface area (TPSA) is 78.9 Å². The second-order valence-corrected chi connectivity index (χ2v) is 23.1. The van der Waals surface area contributed by atoms with Crippen molar-refractivity contribution in [3.63, 3.8) is 0 Å². The van der Waals surface area contributed by atoms with Gasteiger partial charge in [-0.15, -0.1) is 0 Å². The summed E-state index contributed by atoms with van der Waals surface area (Å²) in [7, 11) is 0. The van der Waals surface area contributed by atoms with E-state index >= 15 is 0 Å². The lowest BCUT2D eigenvalue weighted by Gasteiger charge is -2.18. The molecule has 0 saturated heterocycles. The zero-order valence-corrected chi connectivity index (χ0v) is 54.0. The molecule has 470 valence electrons. The van der Waals surface area contributed by atoms with Crippen LogP contribution in [0, 0.1) is 0 Å². The van der Waals surface area contributed by atoms with Crippen molar-refractivity contribution >= 4 is 17.9 Å². The van der Waals surface area contributed by atoms with E-state index in [4.69, 9.17) is 14.2 Å². The Morgan fingerprint density at radius 3 is 0.768 bits per heavy atom. The molecule has 6 nitrogen and oxygen atoms in total. The van der Waals surface area contributed by atoms with E-state index in [1.165, 1.54) is 180 Å². The zero-order chi connectivity index (χ0) is 59.2. The quantitative estimate of drug-likeness (QED) is 0.0261. The van der Waals surface area contributed by atoms with Gasteiger partial charge < -0.3 is 14.2 Å². The number of carbonyl (C=O) groups excluding carboxylic acids is 3. The number of hydrogen-bond donors (Lipinski definition) is 0. The highest BCUT2D eigenvalue weighted by molar-refractivity contribution is 5.71. The first-order valence-corrected chi connectivity index (χ1v) is 34.9. The van der Waals surface area contributed by atoms with Crippen LogP contribution in [0.2, 0.25) is 0 Å². The molecule has 0 aliphatic heterocycles. The standard InChI is InChI=1S/C76H130O6/c1-4-7-10-13-16-19-22-25-28-31-34-35-36-37-38-39-40-41-43-45-48-51-54-57-60-63-66-69-75(78)81-72-73(71-80-74(77)68-65-62-59-56-53-50-47-44-33-30-27-24-21-18-15-12-9-6-3)82-76(79)70-67-64-61-58-55-52-49-46-42-32-29-26-23-20-17-14-11-8-5-2/h7,10,16,19,21,24-26,28-30,33-35,37-38,40-41,73H,4-6,8-9,11-15,17-18,20,22-23,27,31-32,36,39,42-72H2,1-3H3/b10-7-,19-16-,24-21-,28-25-,29-26-,33-30-,35-34-,38-37-,41-40-. The van der Waals surface area contributed by atoms with Gasteiger partial charge >= 0.3 is 17.9 Å². The summed E-state index contributed by atoms with van der Waals surface area (Å²) >= 11 is 0. The number of allylic oxidation sites excluding steroid dienone is 18. The predicted octanol–water partition coefficient (Wildman–Crippen LogP) is 24.2. The molecule has 6 heteroatoms. The number of ether oxygens (including phenoxy) is 3. The van der Waals surface area contributed by atoms with E-state index in [0.717, 1.165) is 116 Å². The summed E-state index contributed by atoms with van der Waals surface area (Å²) in [6.07, 6.45) is 95.2. The molecule has 0 heterocycles. The molecule has 1 unspecified atom stereocenters. The van der Waals surface area contributed by atoms with Crippen LogP contribution in [-0.2, 0) is 28.6 Å². The van der Waals surface area contributed by atoms with Crippen molar-refractivity contribution in [2.45, 2.75) is 341 Å². The Labute approximate surface area is 508 Å². The molecule has 0 fully saturated rings. The van der Waals surface area contributed by atoms with Crippen molar-refractivity contribution in [1.82, 2.24) is 0 Å². The van der Waals surface area contributed by atoms with Gasteiger partial charge in [-0.2, -0.15) is 0 Å². The van der Waals surface area contributed by atoms with E-state index in [1.807, 2.05) is 0 Å². The molecule has 0 aromatic heterocycles. The molecule has 0 bridgehead atoms. The monoisotopic (exact) mass is 1140 g/mol. The molecule has 0 amide bonds. The Morgan fingerprint density at radius 1 is 0.256 bits per heavy atom. The zero-order valence-electron chi connectivity index (χ0n) is 54.0. The first-order chi connectivity index (χ1) is 40.5. The van der Waals surface area contributed by atoms with Crippen LogP contribution in [0.1, 0.15) is 335 Å². The fraction of sp³-hybridized carbons (Fsp3) is 0.724. The molecule has 0 aromatic rings. The second-order valence-electron chi connectivity index (χ2n) is 23.1. The summed E-state index contributed by atoms with van der Waals surface area (Å²) in [5.41, 5.74) is 0. The largest absolute Gasteiger partial charge is 0.462 e. The molecular formula is C76H130O6. The summed E-state index contributed by atoms with van der Waals surface area (Å²) in [4.78, 5) is 38.5. The normalized spacial score (nSPS) is 12.8. The summed E-state index contributed by atoms with van der Waals surface area (Å²) < 4.78 is 17.0. The lowest BCUT2D eigenvalue weighted by Crippen LogP contribution is -2.30. The molecule has 0 radical (unpaired) electrons. The Hall–Kier alpha value is -3.93. The van der Waals surface area contributed by atoms with Gasteiger partial charge in [0.25, 0.3) is 0 Å². The van der Waals surface area contributed by atoms with Gasteiger partial charge in [0.05, 0.1) is 0 Å². The molecule has 0 spiro atoms. The van der Waals surface area contributed by atoms with Crippen molar-refractivity contribution < 1.29 is 28.6 Å².